The Morgan fingerprint density at radius 2 is 1.77 bits per heavy atom. The molecule has 1 heterocycles. The van der Waals surface area contributed by atoms with Gasteiger partial charge < -0.3 is 4.57 Å². The zero-order chi connectivity index (χ0) is 15.9. The van der Waals surface area contributed by atoms with Crippen LogP contribution in [0.1, 0.15) is 10.4 Å². The molecule has 0 bridgehead atoms. The Kier molecular flexibility index (Phi) is 3.28. The third kappa shape index (κ3) is 2.19. The minimum absolute atomic E-state index is 0.346. The Bertz CT molecular complexity index is 890. The number of nitrogens with zero attached hydrogens (tertiary/aromatic N) is 1. The summed E-state index contributed by atoms with van der Waals surface area (Å²) in [6, 6.07) is 11.5. The molecule has 0 fully saturated rings. The van der Waals surface area contributed by atoms with E-state index >= 15 is 0 Å². The smallest absolute Gasteiger partial charge is 0.337 e. The lowest BCUT2D eigenvalue weighted by Crippen LogP contribution is -2.22. The van der Waals surface area contributed by atoms with Gasteiger partial charge in [0.15, 0.2) is 0 Å². The number of alkyl halides is 3. The highest BCUT2D eigenvalue weighted by Crippen LogP contribution is 2.31. The molecule has 0 atom stereocenters. The van der Waals surface area contributed by atoms with Crippen LogP contribution in [0.5, 0.6) is 0 Å². The zero-order valence-corrected chi connectivity index (χ0v) is 11.5. The van der Waals surface area contributed by atoms with E-state index in [9.17, 15) is 18.0 Å². The van der Waals surface area contributed by atoms with Gasteiger partial charge in [-0.25, -0.2) is 0 Å². The first-order chi connectivity index (χ1) is 10.4. The number of benzene rings is 2. The van der Waals surface area contributed by atoms with Crippen molar-refractivity contribution in [2.45, 2.75) is 12.7 Å². The van der Waals surface area contributed by atoms with Gasteiger partial charge >= 0.3 is 6.18 Å². The molecule has 2 aromatic carbocycles. The van der Waals surface area contributed by atoms with E-state index in [1.807, 2.05) is 28.8 Å². The molecule has 0 aliphatic heterocycles. The first-order valence-electron chi connectivity index (χ1n) is 6.67. The lowest BCUT2D eigenvalue weighted by molar-refractivity contribution is -0.0885. The number of hydrogen-bond acceptors (Lipinski definition) is 1. The van der Waals surface area contributed by atoms with Crippen molar-refractivity contribution in [3.05, 3.63) is 60.7 Å². The van der Waals surface area contributed by atoms with Gasteiger partial charge in [0.2, 0.25) is 0 Å². The summed E-state index contributed by atoms with van der Waals surface area (Å²) < 4.78 is 39.8. The summed E-state index contributed by atoms with van der Waals surface area (Å²) in [6.07, 6.45) is -3.15. The second-order valence-electron chi connectivity index (χ2n) is 4.98. The standard InChI is InChI=1S/C17H12F3NO/c1-2-9-21-14-6-4-3-5-12(14)13-10-11(7-8-15(13)21)16(22)17(18,19)20/h2-8,10H,1,9H2. The Labute approximate surface area is 124 Å². The predicted octanol–water partition coefficient (Wildman–Crippen LogP) is 4.73. The van der Waals surface area contributed by atoms with Gasteiger partial charge in [0, 0.05) is 33.9 Å². The molecule has 0 spiro atoms. The quantitative estimate of drug-likeness (QED) is 0.506. The Balaban J connectivity index is 2.31. The molecule has 0 saturated carbocycles. The number of aromatic nitrogens is 1. The van der Waals surface area contributed by atoms with E-state index in [4.69, 9.17) is 0 Å². The van der Waals surface area contributed by atoms with Crippen LogP contribution in [-0.2, 0) is 6.54 Å². The molecule has 0 saturated heterocycles. The minimum Gasteiger partial charge on any atom is -0.337 e. The van der Waals surface area contributed by atoms with E-state index < -0.39 is 12.0 Å². The van der Waals surface area contributed by atoms with Gasteiger partial charge in [0.1, 0.15) is 0 Å². The van der Waals surface area contributed by atoms with Crippen LogP contribution in [0.3, 0.4) is 0 Å². The van der Waals surface area contributed by atoms with Gasteiger partial charge in [-0.05, 0) is 24.3 Å². The highest BCUT2D eigenvalue weighted by atomic mass is 19.4. The molecule has 3 aromatic rings. The molecular weight excluding hydrogens is 291 g/mol. The number of halogens is 3. The van der Waals surface area contributed by atoms with Crippen LogP contribution in [0.15, 0.2) is 55.1 Å². The lowest BCUT2D eigenvalue weighted by atomic mass is 10.1. The summed E-state index contributed by atoms with van der Waals surface area (Å²) in [7, 11) is 0. The fraction of sp³-hybridized carbons (Fsp3) is 0.118. The fourth-order valence-corrected chi connectivity index (χ4v) is 2.68. The van der Waals surface area contributed by atoms with Crippen molar-refractivity contribution in [1.82, 2.24) is 4.57 Å². The molecule has 0 aliphatic rings. The topological polar surface area (TPSA) is 22.0 Å². The molecule has 112 valence electrons. The van der Waals surface area contributed by atoms with Gasteiger partial charge in [0.05, 0.1) is 0 Å². The van der Waals surface area contributed by atoms with E-state index in [1.165, 1.54) is 12.1 Å². The van der Waals surface area contributed by atoms with Crippen LogP contribution in [0.25, 0.3) is 21.8 Å². The molecule has 5 heteroatoms. The van der Waals surface area contributed by atoms with Gasteiger partial charge in [0.25, 0.3) is 5.78 Å². The number of fused-ring (bicyclic) bond motifs is 3. The first kappa shape index (κ1) is 14.4. The molecule has 1 aromatic heterocycles. The summed E-state index contributed by atoms with van der Waals surface area (Å²) in [5.41, 5.74) is 1.33. The van der Waals surface area contributed by atoms with E-state index in [0.717, 1.165) is 16.4 Å². The maximum atomic E-state index is 12.6. The number of rotatable bonds is 3. The maximum absolute atomic E-state index is 12.6. The summed E-state index contributed by atoms with van der Waals surface area (Å²) in [4.78, 5) is 11.4. The normalized spacial score (nSPS) is 12.0. The van der Waals surface area contributed by atoms with E-state index in [2.05, 4.69) is 6.58 Å². The summed E-state index contributed by atoms with van der Waals surface area (Å²) in [5, 5.41) is 1.45. The van der Waals surface area contributed by atoms with Crippen LogP contribution in [0.2, 0.25) is 0 Å². The Hall–Kier alpha value is -2.56. The molecule has 3 rings (SSSR count). The number of carbonyl (C=O) groups excluding carboxylic acids is 1. The van der Waals surface area contributed by atoms with Gasteiger partial charge in [-0.15, -0.1) is 6.58 Å². The number of Topliss-reactive ketones (excluding diaryl/α,β-unsaturated/α-hetero) is 1. The lowest BCUT2D eigenvalue weighted by Gasteiger charge is -2.06. The van der Waals surface area contributed by atoms with Crippen LogP contribution in [0, 0.1) is 0 Å². The summed E-state index contributed by atoms with van der Waals surface area (Å²) >= 11 is 0. The van der Waals surface area contributed by atoms with Gasteiger partial charge in [-0.3, -0.25) is 4.79 Å². The number of para-hydroxylation sites is 1. The summed E-state index contributed by atoms with van der Waals surface area (Å²) in [6.45, 7) is 4.24. The fourth-order valence-electron chi connectivity index (χ4n) is 2.68. The number of hydrogen-bond donors (Lipinski definition) is 0. The minimum atomic E-state index is -4.87. The molecule has 22 heavy (non-hydrogen) atoms. The molecule has 2 nitrogen and oxygen atoms in total. The van der Waals surface area contributed by atoms with Crippen LogP contribution in [0.4, 0.5) is 13.2 Å². The van der Waals surface area contributed by atoms with Gasteiger partial charge in [-0.2, -0.15) is 13.2 Å². The molecule has 0 amide bonds. The van der Waals surface area contributed by atoms with Crippen molar-refractivity contribution in [1.29, 1.82) is 0 Å². The van der Waals surface area contributed by atoms with Crippen molar-refractivity contribution in [2.24, 2.45) is 0 Å². The Morgan fingerprint density at radius 3 is 2.45 bits per heavy atom. The monoisotopic (exact) mass is 303 g/mol. The average Bonchev–Trinajstić information content (AvgIpc) is 2.80. The second kappa shape index (κ2) is 5.02. The third-order valence-electron chi connectivity index (χ3n) is 3.60. The van der Waals surface area contributed by atoms with E-state index in [0.29, 0.717) is 11.9 Å². The predicted molar refractivity (Wildman–Crippen MR) is 80.0 cm³/mol. The molecular formula is C17H12F3NO. The first-order valence-corrected chi connectivity index (χ1v) is 6.67. The molecule has 0 unspecified atom stereocenters. The molecule has 0 N–H and O–H groups in total. The maximum Gasteiger partial charge on any atom is 0.454 e. The zero-order valence-electron chi connectivity index (χ0n) is 11.5. The number of carbonyl (C=O) groups is 1. The van der Waals surface area contributed by atoms with Crippen molar-refractivity contribution >= 4 is 27.6 Å². The van der Waals surface area contributed by atoms with Crippen molar-refractivity contribution in [2.75, 3.05) is 0 Å². The van der Waals surface area contributed by atoms with Crippen LogP contribution >= 0.6 is 0 Å². The highest BCUT2D eigenvalue weighted by Gasteiger charge is 2.39. The third-order valence-corrected chi connectivity index (χ3v) is 3.60. The molecule has 0 radical (unpaired) electrons. The number of allylic oxidation sites excluding steroid dienone is 1. The van der Waals surface area contributed by atoms with Crippen LogP contribution in [-0.4, -0.2) is 16.5 Å². The van der Waals surface area contributed by atoms with E-state index in [1.54, 1.807) is 12.1 Å². The highest BCUT2D eigenvalue weighted by molar-refractivity contribution is 6.11. The second-order valence-corrected chi connectivity index (χ2v) is 4.98. The molecule has 0 aliphatic carbocycles. The van der Waals surface area contributed by atoms with Gasteiger partial charge in [-0.1, -0.05) is 24.3 Å². The van der Waals surface area contributed by atoms with Crippen molar-refractivity contribution in [3.63, 3.8) is 0 Å². The average molecular weight is 303 g/mol. The van der Waals surface area contributed by atoms with Crippen molar-refractivity contribution < 1.29 is 18.0 Å². The largest absolute Gasteiger partial charge is 0.454 e. The Morgan fingerprint density at radius 1 is 1.09 bits per heavy atom. The van der Waals surface area contributed by atoms with Crippen LogP contribution < -0.4 is 0 Å². The number of ketones is 1. The SMILES string of the molecule is C=CCn1c2ccccc2c2cc(C(=O)C(F)(F)F)ccc21. The van der Waals surface area contributed by atoms with Crippen molar-refractivity contribution in [3.8, 4) is 0 Å². The summed E-state index contributed by atoms with van der Waals surface area (Å²) in [5.74, 6) is -1.82. The van der Waals surface area contributed by atoms with E-state index in [-0.39, 0.29) is 5.56 Å².